The van der Waals surface area contributed by atoms with Crippen LogP contribution in [0.1, 0.15) is 12.5 Å². The summed E-state index contributed by atoms with van der Waals surface area (Å²) in [5.41, 5.74) is -1.33. The summed E-state index contributed by atoms with van der Waals surface area (Å²) in [5.74, 6) is -0.889. The summed E-state index contributed by atoms with van der Waals surface area (Å²) >= 11 is 5.74. The van der Waals surface area contributed by atoms with Gasteiger partial charge in [0.05, 0.1) is 17.2 Å². The summed E-state index contributed by atoms with van der Waals surface area (Å²) in [6, 6.07) is 2.35. The maximum Gasteiger partial charge on any atom is 0.417 e. The molecule has 1 aromatic rings. The molecule has 1 aromatic heterocycles. The van der Waals surface area contributed by atoms with Crippen LogP contribution in [0.25, 0.3) is 0 Å². The highest BCUT2D eigenvalue weighted by molar-refractivity contribution is 6.32. The normalized spacial score (nSPS) is 11.3. The third kappa shape index (κ3) is 7.41. The van der Waals surface area contributed by atoms with Crippen LogP contribution >= 0.6 is 11.6 Å². The van der Waals surface area contributed by atoms with Crippen LogP contribution < -0.4 is 16.0 Å². The Morgan fingerprint density at radius 1 is 1.41 bits per heavy atom. The number of hydrogen-bond acceptors (Lipinski definition) is 7. The molecule has 0 atom stereocenters. The molecule has 0 aliphatic carbocycles. The molecule has 0 aromatic carbocycles. The van der Waals surface area contributed by atoms with Crippen molar-refractivity contribution in [3.05, 3.63) is 34.6 Å². The van der Waals surface area contributed by atoms with Gasteiger partial charge in [-0.25, -0.2) is 9.78 Å². The molecular formula is C15H15ClF3N5O3. The van der Waals surface area contributed by atoms with E-state index >= 15 is 0 Å². The second-order valence-electron chi connectivity index (χ2n) is 4.78. The number of aromatic nitrogens is 1. The third-order valence-electron chi connectivity index (χ3n) is 2.83. The van der Waals surface area contributed by atoms with Gasteiger partial charge in [0, 0.05) is 25.5 Å². The lowest BCUT2D eigenvalue weighted by Crippen LogP contribution is -2.32. The quantitative estimate of drug-likeness (QED) is 0.362. The molecule has 0 bridgehead atoms. The molecular weight excluding hydrogens is 391 g/mol. The Hall–Kier alpha value is -3.00. The first-order valence-corrected chi connectivity index (χ1v) is 7.85. The fraction of sp³-hybridized carbons (Fsp3) is 0.333. The molecule has 0 aliphatic heterocycles. The number of amides is 2. The molecule has 8 nitrogen and oxygen atoms in total. The number of nitrogens with zero attached hydrogens (tertiary/aromatic N) is 2. The Morgan fingerprint density at radius 3 is 2.67 bits per heavy atom. The van der Waals surface area contributed by atoms with Gasteiger partial charge in [0.2, 0.25) is 0 Å². The number of pyridine rings is 1. The monoisotopic (exact) mass is 405 g/mol. The van der Waals surface area contributed by atoms with Crippen molar-refractivity contribution in [2.45, 2.75) is 13.1 Å². The highest BCUT2D eigenvalue weighted by Gasteiger charge is 2.31. The average Bonchev–Trinajstić information content (AvgIpc) is 2.58. The van der Waals surface area contributed by atoms with Crippen LogP contribution in [-0.4, -0.2) is 36.7 Å². The van der Waals surface area contributed by atoms with Crippen LogP contribution in [0.3, 0.4) is 0 Å². The predicted molar refractivity (Wildman–Crippen MR) is 89.6 cm³/mol. The zero-order chi connectivity index (χ0) is 20.4. The van der Waals surface area contributed by atoms with Crippen molar-refractivity contribution in [3.8, 4) is 6.07 Å². The fourth-order valence-electron chi connectivity index (χ4n) is 1.63. The van der Waals surface area contributed by atoms with Gasteiger partial charge in [0.1, 0.15) is 17.5 Å². The van der Waals surface area contributed by atoms with Crippen molar-refractivity contribution in [1.29, 1.82) is 5.26 Å². The molecule has 0 unspecified atom stereocenters. The van der Waals surface area contributed by atoms with E-state index in [1.165, 1.54) is 0 Å². The topological polar surface area (TPSA) is 116 Å². The number of nitrogens with one attached hydrogen (secondary N) is 3. The maximum absolute atomic E-state index is 12.5. The number of nitriles is 1. The van der Waals surface area contributed by atoms with E-state index < -0.39 is 23.7 Å². The minimum absolute atomic E-state index is 0.0519. The lowest BCUT2D eigenvalue weighted by molar-refractivity contribution is -0.137. The summed E-state index contributed by atoms with van der Waals surface area (Å²) in [6.45, 7) is 1.97. The second kappa shape index (κ2) is 10.2. The average molecular weight is 406 g/mol. The van der Waals surface area contributed by atoms with Gasteiger partial charge in [0.15, 0.2) is 0 Å². The van der Waals surface area contributed by atoms with Crippen molar-refractivity contribution in [2.24, 2.45) is 0 Å². The smallest absolute Gasteiger partial charge is 0.417 e. The van der Waals surface area contributed by atoms with Crippen molar-refractivity contribution < 1.29 is 27.5 Å². The predicted octanol–water partition coefficient (Wildman–Crippen LogP) is 2.44. The first kappa shape index (κ1) is 22.0. The van der Waals surface area contributed by atoms with Crippen molar-refractivity contribution in [3.63, 3.8) is 0 Å². The number of ether oxygens (including phenoxy) is 1. The first-order chi connectivity index (χ1) is 12.7. The lowest BCUT2D eigenvalue weighted by atomic mass is 10.3. The Morgan fingerprint density at radius 2 is 2.11 bits per heavy atom. The van der Waals surface area contributed by atoms with Gasteiger partial charge in [-0.15, -0.1) is 0 Å². The van der Waals surface area contributed by atoms with E-state index in [1.54, 1.807) is 13.0 Å². The molecule has 3 N–H and O–H groups in total. The Balaban J connectivity index is 2.51. The standard InChI is InChI=1S/C15H15ClF3N5O3/c1-2-27-14(26)24-13(25)9(6-20)7-21-3-4-22-12-11(16)5-10(8-23-12)15(17,18)19/h5,7-8,21H,2-4H2,1H3,(H,22,23)(H,24,25,26). The van der Waals surface area contributed by atoms with E-state index in [9.17, 15) is 22.8 Å². The van der Waals surface area contributed by atoms with Gasteiger partial charge in [-0.3, -0.25) is 10.1 Å². The maximum atomic E-state index is 12.5. The van der Waals surface area contributed by atoms with E-state index in [-0.39, 0.29) is 36.1 Å². The fourth-order valence-corrected chi connectivity index (χ4v) is 1.86. The summed E-state index contributed by atoms with van der Waals surface area (Å²) in [6.07, 6.45) is -3.79. The van der Waals surface area contributed by atoms with Crippen molar-refractivity contribution in [2.75, 3.05) is 25.0 Å². The second-order valence-corrected chi connectivity index (χ2v) is 5.18. The number of carbonyl (C=O) groups excluding carboxylic acids is 2. The molecule has 2 amide bonds. The number of carbonyl (C=O) groups is 2. The lowest BCUT2D eigenvalue weighted by Gasteiger charge is -2.10. The SMILES string of the molecule is CCOC(=O)NC(=O)C(C#N)=CNCCNc1ncc(C(F)(F)F)cc1Cl. The van der Waals surface area contributed by atoms with Gasteiger partial charge in [0.25, 0.3) is 5.91 Å². The summed E-state index contributed by atoms with van der Waals surface area (Å²) in [5, 5.41) is 15.9. The molecule has 1 heterocycles. The van der Waals surface area contributed by atoms with E-state index in [2.05, 4.69) is 20.4 Å². The highest BCUT2D eigenvalue weighted by atomic mass is 35.5. The number of anilines is 1. The number of alkyl carbamates (subject to hydrolysis) is 1. The molecule has 27 heavy (non-hydrogen) atoms. The molecule has 0 saturated heterocycles. The molecule has 0 saturated carbocycles. The molecule has 0 spiro atoms. The molecule has 1 rings (SSSR count). The Bertz CT molecular complexity index is 762. The first-order valence-electron chi connectivity index (χ1n) is 7.47. The number of hydrogen-bond donors (Lipinski definition) is 3. The Kier molecular flexibility index (Phi) is 8.34. The number of alkyl halides is 3. The minimum atomic E-state index is -4.54. The van der Waals surface area contributed by atoms with Crippen LogP contribution in [0.15, 0.2) is 24.0 Å². The molecule has 0 radical (unpaired) electrons. The summed E-state index contributed by atoms with van der Waals surface area (Å²) < 4.78 is 42.1. The Labute approximate surface area is 157 Å². The van der Waals surface area contributed by atoms with Crippen molar-refractivity contribution >= 4 is 29.4 Å². The zero-order valence-corrected chi connectivity index (χ0v) is 14.7. The van der Waals surface area contributed by atoms with Crippen LogP contribution in [-0.2, 0) is 15.7 Å². The minimum Gasteiger partial charge on any atom is -0.450 e. The molecule has 0 fully saturated rings. The van der Waals surface area contributed by atoms with E-state index in [0.717, 1.165) is 12.3 Å². The van der Waals surface area contributed by atoms with Gasteiger partial charge in [-0.2, -0.15) is 18.4 Å². The molecule has 0 aliphatic rings. The van der Waals surface area contributed by atoms with E-state index in [4.69, 9.17) is 16.9 Å². The molecule has 146 valence electrons. The summed E-state index contributed by atoms with van der Waals surface area (Å²) in [7, 11) is 0. The van der Waals surface area contributed by atoms with Crippen LogP contribution in [0.5, 0.6) is 0 Å². The van der Waals surface area contributed by atoms with Crippen LogP contribution in [0, 0.1) is 11.3 Å². The highest BCUT2D eigenvalue weighted by Crippen LogP contribution is 2.32. The number of rotatable bonds is 7. The largest absolute Gasteiger partial charge is 0.450 e. The third-order valence-corrected chi connectivity index (χ3v) is 3.12. The zero-order valence-electron chi connectivity index (χ0n) is 14.0. The van der Waals surface area contributed by atoms with Crippen LogP contribution in [0.2, 0.25) is 5.02 Å². The van der Waals surface area contributed by atoms with Crippen LogP contribution in [0.4, 0.5) is 23.8 Å². The van der Waals surface area contributed by atoms with Gasteiger partial charge in [-0.1, -0.05) is 11.6 Å². The molecule has 12 heteroatoms. The van der Waals surface area contributed by atoms with Gasteiger partial charge < -0.3 is 15.4 Å². The van der Waals surface area contributed by atoms with E-state index in [0.29, 0.717) is 6.20 Å². The number of halogens is 4. The van der Waals surface area contributed by atoms with Gasteiger partial charge >= 0.3 is 12.3 Å². The van der Waals surface area contributed by atoms with Gasteiger partial charge in [-0.05, 0) is 13.0 Å². The summed E-state index contributed by atoms with van der Waals surface area (Å²) in [4.78, 5) is 26.3. The number of imide groups is 1. The van der Waals surface area contributed by atoms with Crippen molar-refractivity contribution in [1.82, 2.24) is 15.6 Å². The van der Waals surface area contributed by atoms with E-state index in [1.807, 2.05) is 5.32 Å².